The van der Waals surface area contributed by atoms with Crippen LogP contribution in [0.2, 0.25) is 0 Å². The van der Waals surface area contributed by atoms with Crippen LogP contribution in [0.4, 0.5) is 4.39 Å². The quantitative estimate of drug-likeness (QED) is 0.275. The number of carbonyl (C=O) groups is 2. The van der Waals surface area contributed by atoms with E-state index in [1.54, 1.807) is 17.0 Å². The minimum Gasteiger partial charge on any atom is -0.338 e. The van der Waals surface area contributed by atoms with Crippen LogP contribution in [0.1, 0.15) is 33.6 Å². The van der Waals surface area contributed by atoms with Crippen LogP contribution in [0, 0.1) is 5.82 Å². The molecule has 0 bridgehead atoms. The van der Waals surface area contributed by atoms with Gasteiger partial charge in [-0.25, -0.2) is 4.39 Å². The van der Waals surface area contributed by atoms with E-state index in [1.807, 2.05) is 36.4 Å². The number of piperazine rings is 1. The number of hydrogen-bond donors (Lipinski definition) is 0. The molecule has 0 spiro atoms. The van der Waals surface area contributed by atoms with Crippen LogP contribution >= 0.6 is 0 Å². The Balaban J connectivity index is 1.40. The first-order chi connectivity index (χ1) is 18.5. The Hall–Kier alpha value is -4.36. The molecule has 1 saturated heterocycles. The normalized spacial score (nSPS) is 14.8. The Morgan fingerprint density at radius 3 is 1.79 bits per heavy atom. The highest BCUT2D eigenvalue weighted by Crippen LogP contribution is 2.30. The van der Waals surface area contributed by atoms with Crippen molar-refractivity contribution in [2.75, 3.05) is 26.2 Å². The van der Waals surface area contributed by atoms with E-state index < -0.39 is 29.1 Å². The lowest BCUT2D eigenvalue weighted by molar-refractivity contribution is -0.135. The third kappa shape index (κ3) is 5.33. The molecule has 4 aromatic rings. The molecule has 2 heterocycles. The smallest absolute Gasteiger partial charge is 0.253 e. The number of pyridine rings is 1. The summed E-state index contributed by atoms with van der Waals surface area (Å²) >= 11 is 0. The van der Waals surface area contributed by atoms with E-state index in [4.69, 9.17) is 0 Å². The van der Waals surface area contributed by atoms with Crippen LogP contribution in [0.15, 0.2) is 114 Å². The zero-order valence-corrected chi connectivity index (χ0v) is 20.8. The van der Waals surface area contributed by atoms with Crippen molar-refractivity contribution in [2.45, 2.75) is 12.1 Å². The van der Waals surface area contributed by atoms with Gasteiger partial charge in [0.1, 0.15) is 5.82 Å². The van der Waals surface area contributed by atoms with Crippen LogP contribution in [-0.2, 0) is 4.79 Å². The summed E-state index contributed by atoms with van der Waals surface area (Å²) in [6.07, 6.45) is 1.45. The standard InChI is InChI=1S/C31H28FN3O3/c32-26-16-14-25(15-17-26)30(37)29(35-18-8-7-13-27(35)36)31(38)34-21-19-33(20-22-34)28(23-9-3-1-4-10-23)24-11-5-2-6-12-24/h1-18,28-29H,19-22H2. The number of Topliss-reactive ketones (excluding diaryl/α,β-unsaturated/α-hetero) is 1. The number of aromatic nitrogens is 1. The lowest BCUT2D eigenvalue weighted by atomic mass is 9.96. The summed E-state index contributed by atoms with van der Waals surface area (Å²) in [5.41, 5.74) is 2.05. The second kappa shape index (κ2) is 11.4. The third-order valence-corrected chi connectivity index (χ3v) is 6.96. The van der Waals surface area contributed by atoms with E-state index in [0.717, 1.165) is 4.57 Å². The molecule has 1 atom stereocenters. The van der Waals surface area contributed by atoms with Crippen LogP contribution in [0.3, 0.4) is 0 Å². The molecule has 1 aliphatic rings. The molecule has 1 aliphatic heterocycles. The molecule has 5 rings (SSSR count). The molecule has 0 radical (unpaired) electrons. The van der Waals surface area contributed by atoms with E-state index >= 15 is 0 Å². The zero-order valence-electron chi connectivity index (χ0n) is 20.8. The Morgan fingerprint density at radius 2 is 1.24 bits per heavy atom. The average Bonchev–Trinajstić information content (AvgIpc) is 2.96. The Bertz CT molecular complexity index is 1410. The van der Waals surface area contributed by atoms with Gasteiger partial charge in [0.25, 0.3) is 11.5 Å². The number of hydrogen-bond acceptors (Lipinski definition) is 4. The summed E-state index contributed by atoms with van der Waals surface area (Å²) < 4.78 is 14.7. The van der Waals surface area contributed by atoms with Crippen molar-refractivity contribution in [3.63, 3.8) is 0 Å². The molecule has 3 aromatic carbocycles. The summed E-state index contributed by atoms with van der Waals surface area (Å²) in [5, 5.41) is 0. The molecule has 6 nitrogen and oxygen atoms in total. The summed E-state index contributed by atoms with van der Waals surface area (Å²) in [7, 11) is 0. The maximum atomic E-state index is 13.8. The van der Waals surface area contributed by atoms with Gasteiger partial charge in [-0.2, -0.15) is 0 Å². The fourth-order valence-electron chi connectivity index (χ4n) is 5.04. The highest BCUT2D eigenvalue weighted by Gasteiger charge is 2.36. The number of nitrogens with zero attached hydrogens (tertiary/aromatic N) is 3. The minimum atomic E-state index is -1.36. The maximum absolute atomic E-state index is 13.8. The number of halogens is 1. The molecule has 38 heavy (non-hydrogen) atoms. The van der Waals surface area contributed by atoms with Crippen molar-refractivity contribution in [1.82, 2.24) is 14.4 Å². The van der Waals surface area contributed by atoms with Gasteiger partial charge in [-0.15, -0.1) is 0 Å². The van der Waals surface area contributed by atoms with E-state index in [2.05, 4.69) is 29.2 Å². The molecule has 0 aliphatic carbocycles. The number of carbonyl (C=O) groups excluding carboxylic acids is 2. The summed E-state index contributed by atoms with van der Waals surface area (Å²) in [4.78, 5) is 43.9. The van der Waals surface area contributed by atoms with Crippen molar-refractivity contribution < 1.29 is 14.0 Å². The van der Waals surface area contributed by atoms with Crippen LogP contribution in [0.25, 0.3) is 0 Å². The summed E-state index contributed by atoms with van der Waals surface area (Å²) in [6, 6.07) is 28.7. The maximum Gasteiger partial charge on any atom is 0.253 e. The SMILES string of the molecule is O=C(c1ccc(F)cc1)C(C(=O)N1CCN(C(c2ccccc2)c2ccccc2)CC1)n1ccccc1=O. The third-order valence-electron chi connectivity index (χ3n) is 6.96. The first-order valence-corrected chi connectivity index (χ1v) is 12.6. The predicted molar refractivity (Wildman–Crippen MR) is 143 cm³/mol. The number of benzene rings is 3. The Morgan fingerprint density at radius 1 is 0.684 bits per heavy atom. The molecule has 1 fully saturated rings. The van der Waals surface area contributed by atoms with E-state index in [0.29, 0.717) is 26.2 Å². The van der Waals surface area contributed by atoms with Gasteiger partial charge in [0.15, 0.2) is 11.8 Å². The van der Waals surface area contributed by atoms with Crippen LogP contribution < -0.4 is 5.56 Å². The first-order valence-electron chi connectivity index (χ1n) is 12.6. The molecule has 1 amide bonds. The monoisotopic (exact) mass is 509 g/mol. The number of rotatable bonds is 7. The van der Waals surface area contributed by atoms with Crippen molar-refractivity contribution in [1.29, 1.82) is 0 Å². The van der Waals surface area contributed by atoms with Gasteiger partial charge in [0, 0.05) is 44.0 Å². The number of amides is 1. The van der Waals surface area contributed by atoms with E-state index in [-0.39, 0.29) is 11.6 Å². The lowest BCUT2D eigenvalue weighted by Crippen LogP contribution is -2.53. The zero-order chi connectivity index (χ0) is 26.5. The highest BCUT2D eigenvalue weighted by molar-refractivity contribution is 6.11. The van der Waals surface area contributed by atoms with Gasteiger partial charge in [-0.1, -0.05) is 66.7 Å². The van der Waals surface area contributed by atoms with Gasteiger partial charge < -0.3 is 4.90 Å². The summed E-state index contributed by atoms with van der Waals surface area (Å²) in [5.74, 6) is -1.47. The van der Waals surface area contributed by atoms with Gasteiger partial charge in [0.05, 0.1) is 6.04 Å². The molecule has 7 heteroatoms. The largest absolute Gasteiger partial charge is 0.338 e. The van der Waals surface area contributed by atoms with Crippen molar-refractivity contribution in [2.24, 2.45) is 0 Å². The topological polar surface area (TPSA) is 62.6 Å². The second-order valence-corrected chi connectivity index (χ2v) is 9.30. The number of ketones is 1. The van der Waals surface area contributed by atoms with Crippen LogP contribution in [0.5, 0.6) is 0 Å². The lowest BCUT2D eigenvalue weighted by Gasteiger charge is -2.40. The predicted octanol–water partition coefficient (Wildman–Crippen LogP) is 4.35. The van der Waals surface area contributed by atoms with Gasteiger partial charge >= 0.3 is 0 Å². The van der Waals surface area contributed by atoms with Crippen molar-refractivity contribution in [3.05, 3.63) is 142 Å². The van der Waals surface area contributed by atoms with Crippen molar-refractivity contribution in [3.8, 4) is 0 Å². The minimum absolute atomic E-state index is 0.0306. The molecule has 1 unspecified atom stereocenters. The van der Waals surface area contributed by atoms with Gasteiger partial charge in [0.2, 0.25) is 0 Å². The fourth-order valence-corrected chi connectivity index (χ4v) is 5.04. The molecule has 0 saturated carbocycles. The van der Waals surface area contributed by atoms with Crippen molar-refractivity contribution >= 4 is 11.7 Å². The van der Waals surface area contributed by atoms with Crippen LogP contribution in [-0.4, -0.2) is 52.2 Å². The second-order valence-electron chi connectivity index (χ2n) is 9.30. The highest BCUT2D eigenvalue weighted by atomic mass is 19.1. The average molecular weight is 510 g/mol. The van der Waals surface area contributed by atoms with Gasteiger partial charge in [-0.05, 0) is 41.5 Å². The van der Waals surface area contributed by atoms with E-state index in [1.165, 1.54) is 47.7 Å². The molecular formula is C31H28FN3O3. The molecule has 1 aromatic heterocycles. The summed E-state index contributed by atoms with van der Waals surface area (Å²) in [6.45, 7) is 2.01. The Kier molecular flexibility index (Phi) is 7.56. The molecule has 192 valence electrons. The molecule has 0 N–H and O–H groups in total. The first kappa shape index (κ1) is 25.3. The van der Waals surface area contributed by atoms with E-state index in [9.17, 15) is 18.8 Å². The van der Waals surface area contributed by atoms with Gasteiger partial charge in [-0.3, -0.25) is 23.9 Å². The fraction of sp³-hybridized carbons (Fsp3) is 0.194. The molecular weight excluding hydrogens is 481 g/mol. The Labute approximate surface area is 220 Å².